The van der Waals surface area contributed by atoms with Crippen molar-refractivity contribution < 1.29 is 18.1 Å². The van der Waals surface area contributed by atoms with E-state index in [9.17, 15) is 18.5 Å². The minimum Gasteiger partial charge on any atom is -0.497 e. The first-order chi connectivity index (χ1) is 15.7. The first-order valence-electron chi connectivity index (χ1n) is 9.71. The zero-order valence-electron chi connectivity index (χ0n) is 18.2. The van der Waals surface area contributed by atoms with E-state index in [1.54, 1.807) is 12.1 Å². The van der Waals surface area contributed by atoms with Gasteiger partial charge in [0, 0.05) is 37.6 Å². The molecular weight excluding hydrogens is 446 g/mol. The zero-order chi connectivity index (χ0) is 24.0. The summed E-state index contributed by atoms with van der Waals surface area (Å²) in [4.78, 5) is 12.2. The Morgan fingerprint density at radius 3 is 2.27 bits per heavy atom. The number of hydrogen-bond acceptors (Lipinski definition) is 8. The van der Waals surface area contributed by atoms with Crippen LogP contribution in [0.1, 0.15) is 5.56 Å². The monoisotopic (exact) mass is 469 g/mol. The normalized spacial score (nSPS) is 11.2. The first-order valence-corrected chi connectivity index (χ1v) is 11.2. The summed E-state index contributed by atoms with van der Waals surface area (Å²) in [6, 6.07) is 17.3. The van der Waals surface area contributed by atoms with E-state index in [0.717, 1.165) is 17.3 Å². The summed E-state index contributed by atoms with van der Waals surface area (Å²) in [7, 11) is 1.19. The number of nitrogens with one attached hydrogen (secondary N) is 2. The second-order valence-corrected chi connectivity index (χ2v) is 8.78. The average molecular weight is 470 g/mol. The molecule has 0 aliphatic heterocycles. The van der Waals surface area contributed by atoms with E-state index in [4.69, 9.17) is 4.74 Å². The second kappa shape index (κ2) is 10.0. The number of anilines is 3. The smallest absolute Gasteiger partial charge is 0.270 e. The van der Waals surface area contributed by atoms with Gasteiger partial charge in [0.2, 0.25) is 0 Å². The fraction of sp³-hybridized carbons (Fsp3) is 0.136. The number of nitro groups is 1. The molecule has 0 aromatic heterocycles. The van der Waals surface area contributed by atoms with Crippen molar-refractivity contribution in [3.63, 3.8) is 0 Å². The fourth-order valence-electron chi connectivity index (χ4n) is 2.84. The lowest BCUT2D eigenvalue weighted by Gasteiger charge is -2.13. The van der Waals surface area contributed by atoms with Gasteiger partial charge >= 0.3 is 0 Å². The number of nitrogens with zero attached hydrogens (tertiary/aromatic N) is 3. The predicted octanol–water partition coefficient (Wildman–Crippen LogP) is 3.92. The van der Waals surface area contributed by atoms with Crippen LogP contribution in [-0.2, 0) is 10.0 Å². The Morgan fingerprint density at radius 2 is 1.70 bits per heavy atom. The first kappa shape index (κ1) is 23.5. The standard InChI is InChI=1S/C22H23N5O5S/c1-26(2)18-8-4-16(5-9-18)15-23-24-21-13-10-19(27(28)29)14-22(21)33(30,31)25-17-6-11-20(32-3)12-7-17/h4-15,24-25H,1-3H3/b23-15+. The van der Waals surface area contributed by atoms with Gasteiger partial charge in [-0.3, -0.25) is 20.3 Å². The summed E-state index contributed by atoms with van der Waals surface area (Å²) in [5.74, 6) is 0.559. The van der Waals surface area contributed by atoms with Crippen molar-refractivity contribution in [1.82, 2.24) is 0 Å². The number of sulfonamides is 1. The number of rotatable bonds is 9. The van der Waals surface area contributed by atoms with Gasteiger partial charge in [-0.05, 0) is 48.0 Å². The molecule has 3 aromatic rings. The van der Waals surface area contributed by atoms with Crippen molar-refractivity contribution in [3.8, 4) is 5.75 Å². The molecule has 0 amide bonds. The van der Waals surface area contributed by atoms with E-state index in [2.05, 4.69) is 15.2 Å². The molecule has 33 heavy (non-hydrogen) atoms. The number of methoxy groups -OCH3 is 1. The second-order valence-electron chi connectivity index (χ2n) is 7.13. The van der Waals surface area contributed by atoms with Gasteiger partial charge < -0.3 is 9.64 Å². The maximum absolute atomic E-state index is 13.0. The van der Waals surface area contributed by atoms with E-state index in [1.807, 2.05) is 43.3 Å². The van der Waals surface area contributed by atoms with Gasteiger partial charge in [0.15, 0.2) is 0 Å². The summed E-state index contributed by atoms with van der Waals surface area (Å²) in [6.07, 6.45) is 1.52. The quantitative estimate of drug-likeness (QED) is 0.276. The third kappa shape index (κ3) is 5.98. The van der Waals surface area contributed by atoms with E-state index in [1.165, 1.54) is 37.6 Å². The van der Waals surface area contributed by atoms with Crippen LogP contribution in [-0.4, -0.2) is 40.8 Å². The number of non-ortho nitro benzene ring substituents is 1. The molecule has 172 valence electrons. The summed E-state index contributed by atoms with van der Waals surface area (Å²) < 4.78 is 33.5. The molecule has 0 unspecified atom stereocenters. The number of benzene rings is 3. The maximum atomic E-state index is 13.0. The van der Waals surface area contributed by atoms with Crippen LogP contribution >= 0.6 is 0 Å². The van der Waals surface area contributed by atoms with Gasteiger partial charge in [0.25, 0.3) is 15.7 Å². The van der Waals surface area contributed by atoms with E-state index >= 15 is 0 Å². The highest BCUT2D eigenvalue weighted by Crippen LogP contribution is 2.29. The Kier molecular flexibility index (Phi) is 7.13. The van der Waals surface area contributed by atoms with E-state index < -0.39 is 14.9 Å². The topological polar surface area (TPSA) is 126 Å². The van der Waals surface area contributed by atoms with Gasteiger partial charge in [0.1, 0.15) is 10.6 Å². The predicted molar refractivity (Wildman–Crippen MR) is 129 cm³/mol. The minimum atomic E-state index is -4.17. The molecule has 0 spiro atoms. The Hall–Kier alpha value is -4.12. The SMILES string of the molecule is COc1ccc(NS(=O)(=O)c2cc([N+](=O)[O-])ccc2N/N=C/c2ccc(N(C)C)cc2)cc1. The molecule has 0 saturated heterocycles. The van der Waals surface area contributed by atoms with Crippen molar-refractivity contribution in [2.75, 3.05) is 36.3 Å². The van der Waals surface area contributed by atoms with Crippen LogP contribution in [0.3, 0.4) is 0 Å². The van der Waals surface area contributed by atoms with Crippen LogP contribution in [0.25, 0.3) is 0 Å². The highest BCUT2D eigenvalue weighted by Gasteiger charge is 2.22. The minimum absolute atomic E-state index is 0.0859. The van der Waals surface area contributed by atoms with Gasteiger partial charge in [-0.25, -0.2) is 8.42 Å². The van der Waals surface area contributed by atoms with Crippen LogP contribution in [0, 0.1) is 10.1 Å². The van der Waals surface area contributed by atoms with Gasteiger partial charge in [-0.15, -0.1) is 0 Å². The Bertz CT molecular complexity index is 1260. The van der Waals surface area contributed by atoms with Gasteiger partial charge in [0.05, 0.1) is 23.9 Å². The number of hydrogen-bond donors (Lipinski definition) is 2. The van der Waals surface area contributed by atoms with Crippen LogP contribution in [0.4, 0.5) is 22.7 Å². The molecule has 0 fully saturated rings. The lowest BCUT2D eigenvalue weighted by atomic mass is 10.2. The molecule has 0 aliphatic rings. The van der Waals surface area contributed by atoms with Crippen LogP contribution < -0.4 is 19.8 Å². The summed E-state index contributed by atoms with van der Waals surface area (Å²) in [6.45, 7) is 0. The summed E-state index contributed by atoms with van der Waals surface area (Å²) in [5.41, 5.74) is 4.48. The van der Waals surface area contributed by atoms with Crippen molar-refractivity contribution >= 4 is 39.0 Å². The lowest BCUT2D eigenvalue weighted by Crippen LogP contribution is -2.15. The Balaban J connectivity index is 1.87. The Labute approximate surface area is 191 Å². The highest BCUT2D eigenvalue weighted by molar-refractivity contribution is 7.92. The summed E-state index contributed by atoms with van der Waals surface area (Å²) >= 11 is 0. The summed E-state index contributed by atoms with van der Waals surface area (Å²) in [5, 5.41) is 15.3. The van der Waals surface area contributed by atoms with Gasteiger partial charge in [-0.2, -0.15) is 5.10 Å². The third-order valence-electron chi connectivity index (χ3n) is 4.62. The maximum Gasteiger partial charge on any atom is 0.270 e. The molecule has 3 rings (SSSR count). The lowest BCUT2D eigenvalue weighted by molar-refractivity contribution is -0.385. The molecule has 11 heteroatoms. The molecule has 0 saturated carbocycles. The largest absolute Gasteiger partial charge is 0.497 e. The van der Waals surface area contributed by atoms with E-state index in [-0.39, 0.29) is 22.0 Å². The fourth-order valence-corrected chi connectivity index (χ4v) is 4.08. The molecule has 0 radical (unpaired) electrons. The highest BCUT2D eigenvalue weighted by atomic mass is 32.2. The average Bonchev–Trinajstić information content (AvgIpc) is 2.79. The molecule has 0 heterocycles. The van der Waals surface area contributed by atoms with Crippen molar-refractivity contribution in [3.05, 3.63) is 82.4 Å². The van der Waals surface area contributed by atoms with Crippen LogP contribution in [0.15, 0.2) is 76.7 Å². The van der Waals surface area contributed by atoms with Crippen molar-refractivity contribution in [2.45, 2.75) is 4.90 Å². The molecule has 0 bridgehead atoms. The van der Waals surface area contributed by atoms with Gasteiger partial charge in [-0.1, -0.05) is 12.1 Å². The third-order valence-corrected chi connectivity index (χ3v) is 6.04. The molecular formula is C22H23N5O5S. The van der Waals surface area contributed by atoms with Crippen LogP contribution in [0.5, 0.6) is 5.75 Å². The van der Waals surface area contributed by atoms with Crippen molar-refractivity contribution in [1.29, 1.82) is 0 Å². The number of hydrazone groups is 1. The molecule has 2 N–H and O–H groups in total. The number of nitro benzene ring substituents is 1. The molecule has 0 atom stereocenters. The van der Waals surface area contributed by atoms with Crippen molar-refractivity contribution in [2.24, 2.45) is 5.10 Å². The van der Waals surface area contributed by atoms with E-state index in [0.29, 0.717) is 5.75 Å². The Morgan fingerprint density at radius 1 is 1.03 bits per heavy atom. The molecule has 10 nitrogen and oxygen atoms in total. The molecule has 3 aromatic carbocycles. The number of ether oxygens (including phenoxy) is 1. The van der Waals surface area contributed by atoms with Crippen LogP contribution in [0.2, 0.25) is 0 Å². The molecule has 0 aliphatic carbocycles. The zero-order valence-corrected chi connectivity index (χ0v) is 19.0.